The first-order valence-corrected chi connectivity index (χ1v) is 8.92. The van der Waals surface area contributed by atoms with Crippen molar-refractivity contribution in [3.8, 4) is 17.0 Å². The molecule has 1 heterocycles. The van der Waals surface area contributed by atoms with E-state index in [1.807, 2.05) is 23.5 Å². The maximum absolute atomic E-state index is 5.22. The molecule has 1 aromatic heterocycles. The van der Waals surface area contributed by atoms with E-state index in [0.717, 1.165) is 30.5 Å². The molecule has 1 aliphatic rings. The lowest BCUT2D eigenvalue weighted by molar-refractivity contribution is 0.415. The molecule has 0 spiro atoms. The monoisotopic (exact) mass is 316 g/mol. The smallest absolute Gasteiger partial charge is 0.118 e. The highest BCUT2D eigenvalue weighted by Crippen LogP contribution is 2.29. The average Bonchev–Trinajstić information content (AvgIpc) is 3.17. The van der Waals surface area contributed by atoms with Crippen molar-refractivity contribution < 1.29 is 4.74 Å². The number of aryl methyl sites for hydroxylation is 1. The van der Waals surface area contributed by atoms with Crippen LogP contribution in [0.2, 0.25) is 0 Å². The molecule has 3 rings (SSSR count). The van der Waals surface area contributed by atoms with Crippen LogP contribution in [0.25, 0.3) is 11.3 Å². The topological polar surface area (TPSA) is 34.1 Å². The Bertz CT molecular complexity index is 600. The number of thiazole rings is 1. The molecule has 1 saturated carbocycles. The van der Waals surface area contributed by atoms with Gasteiger partial charge in [-0.3, -0.25) is 0 Å². The van der Waals surface area contributed by atoms with Crippen LogP contribution in [0, 0.1) is 6.92 Å². The molecule has 0 unspecified atom stereocenters. The number of methoxy groups -OCH3 is 1. The Balaban J connectivity index is 1.62. The third kappa shape index (κ3) is 3.68. The zero-order valence-electron chi connectivity index (χ0n) is 13.4. The van der Waals surface area contributed by atoms with Crippen LogP contribution in [-0.2, 0) is 6.42 Å². The number of benzene rings is 1. The van der Waals surface area contributed by atoms with E-state index in [0.29, 0.717) is 0 Å². The second-order valence-corrected chi connectivity index (χ2v) is 7.21. The number of hydrogen-bond acceptors (Lipinski definition) is 4. The number of aromatic nitrogens is 1. The summed E-state index contributed by atoms with van der Waals surface area (Å²) in [4.78, 5) is 6.13. The van der Waals surface area contributed by atoms with Gasteiger partial charge in [0.1, 0.15) is 5.75 Å². The molecule has 118 valence electrons. The molecule has 0 amide bonds. The van der Waals surface area contributed by atoms with Gasteiger partial charge in [0.05, 0.1) is 17.8 Å². The van der Waals surface area contributed by atoms with Gasteiger partial charge in [0, 0.05) is 29.4 Å². The first-order valence-electron chi connectivity index (χ1n) is 8.10. The SMILES string of the molecule is COc1ccc(-c2nc(CCNC3CCCC3)sc2C)cc1. The minimum absolute atomic E-state index is 0.738. The standard InChI is InChI=1S/C18H24N2OS/c1-13-18(14-7-9-16(21-2)10-8-14)20-17(22-13)11-12-19-15-5-3-4-6-15/h7-10,15,19H,3-6,11-12H2,1-2H3. The summed E-state index contributed by atoms with van der Waals surface area (Å²) in [6.07, 6.45) is 6.48. The lowest BCUT2D eigenvalue weighted by Crippen LogP contribution is -2.27. The summed E-state index contributed by atoms with van der Waals surface area (Å²) in [5.74, 6) is 0.887. The van der Waals surface area contributed by atoms with Crippen molar-refractivity contribution in [2.24, 2.45) is 0 Å². The zero-order valence-corrected chi connectivity index (χ0v) is 14.2. The van der Waals surface area contributed by atoms with Crippen LogP contribution >= 0.6 is 11.3 Å². The Morgan fingerprint density at radius 3 is 2.64 bits per heavy atom. The summed E-state index contributed by atoms with van der Waals surface area (Å²) in [5.41, 5.74) is 2.29. The molecule has 22 heavy (non-hydrogen) atoms. The van der Waals surface area contributed by atoms with Crippen molar-refractivity contribution in [2.75, 3.05) is 13.7 Å². The number of hydrogen-bond donors (Lipinski definition) is 1. The van der Waals surface area contributed by atoms with E-state index in [4.69, 9.17) is 9.72 Å². The highest BCUT2D eigenvalue weighted by molar-refractivity contribution is 7.12. The third-order valence-corrected chi connectivity index (χ3v) is 5.36. The number of rotatable bonds is 6. The molecule has 0 atom stereocenters. The van der Waals surface area contributed by atoms with Crippen molar-refractivity contribution in [1.82, 2.24) is 10.3 Å². The Morgan fingerprint density at radius 2 is 1.95 bits per heavy atom. The van der Waals surface area contributed by atoms with E-state index in [1.54, 1.807) is 7.11 Å². The largest absolute Gasteiger partial charge is 0.497 e. The van der Waals surface area contributed by atoms with Crippen LogP contribution in [-0.4, -0.2) is 24.7 Å². The van der Waals surface area contributed by atoms with Gasteiger partial charge in [-0.2, -0.15) is 0 Å². The summed E-state index contributed by atoms with van der Waals surface area (Å²) >= 11 is 1.82. The predicted molar refractivity (Wildman–Crippen MR) is 92.8 cm³/mol. The molecule has 1 aromatic carbocycles. The Morgan fingerprint density at radius 1 is 1.23 bits per heavy atom. The third-order valence-electron chi connectivity index (χ3n) is 4.33. The fourth-order valence-electron chi connectivity index (χ4n) is 3.09. The van der Waals surface area contributed by atoms with Crippen LogP contribution in [0.5, 0.6) is 5.75 Å². The number of nitrogens with zero attached hydrogens (tertiary/aromatic N) is 1. The molecular formula is C18H24N2OS. The van der Waals surface area contributed by atoms with Crippen LogP contribution in [0.15, 0.2) is 24.3 Å². The van der Waals surface area contributed by atoms with Crippen molar-refractivity contribution in [3.05, 3.63) is 34.2 Å². The first-order chi connectivity index (χ1) is 10.8. The van der Waals surface area contributed by atoms with Crippen LogP contribution in [0.4, 0.5) is 0 Å². The van der Waals surface area contributed by atoms with E-state index < -0.39 is 0 Å². The quantitative estimate of drug-likeness (QED) is 0.867. The highest BCUT2D eigenvalue weighted by Gasteiger charge is 2.14. The van der Waals surface area contributed by atoms with Crippen LogP contribution in [0.3, 0.4) is 0 Å². The zero-order chi connectivity index (χ0) is 15.4. The van der Waals surface area contributed by atoms with E-state index in [2.05, 4.69) is 24.4 Å². The molecule has 0 bridgehead atoms. The van der Waals surface area contributed by atoms with Gasteiger partial charge in [0.15, 0.2) is 0 Å². The summed E-state index contributed by atoms with van der Waals surface area (Å²) in [5, 5.41) is 4.89. The minimum Gasteiger partial charge on any atom is -0.497 e. The summed E-state index contributed by atoms with van der Waals surface area (Å²) in [6.45, 7) is 3.20. The van der Waals surface area contributed by atoms with Crippen molar-refractivity contribution in [1.29, 1.82) is 0 Å². The molecule has 0 aliphatic heterocycles. The van der Waals surface area contributed by atoms with Gasteiger partial charge in [0.2, 0.25) is 0 Å². The predicted octanol–water partition coefficient (Wildman–Crippen LogP) is 4.20. The van der Waals surface area contributed by atoms with Gasteiger partial charge in [-0.05, 0) is 44.0 Å². The van der Waals surface area contributed by atoms with Crippen molar-refractivity contribution >= 4 is 11.3 Å². The molecule has 0 radical (unpaired) electrons. The molecule has 1 aliphatic carbocycles. The fourth-order valence-corrected chi connectivity index (χ4v) is 4.04. The van der Waals surface area contributed by atoms with Gasteiger partial charge in [-0.1, -0.05) is 12.8 Å². The normalized spacial score (nSPS) is 15.4. The van der Waals surface area contributed by atoms with Gasteiger partial charge in [-0.15, -0.1) is 11.3 Å². The Kier molecular flexibility index (Phi) is 5.11. The lowest BCUT2D eigenvalue weighted by Gasteiger charge is -2.10. The summed E-state index contributed by atoms with van der Waals surface area (Å²) in [6, 6.07) is 8.90. The van der Waals surface area contributed by atoms with Crippen LogP contribution < -0.4 is 10.1 Å². The molecule has 1 N–H and O–H groups in total. The molecular weight excluding hydrogens is 292 g/mol. The maximum Gasteiger partial charge on any atom is 0.118 e. The molecule has 3 nitrogen and oxygen atoms in total. The number of nitrogens with one attached hydrogen (secondary N) is 1. The molecule has 4 heteroatoms. The second kappa shape index (κ2) is 7.25. The molecule has 1 fully saturated rings. The van der Waals surface area contributed by atoms with Crippen molar-refractivity contribution in [3.63, 3.8) is 0 Å². The summed E-state index contributed by atoms with van der Waals surface area (Å²) in [7, 11) is 1.69. The van der Waals surface area contributed by atoms with Gasteiger partial charge >= 0.3 is 0 Å². The fraction of sp³-hybridized carbons (Fsp3) is 0.500. The first kappa shape index (κ1) is 15.5. The average molecular weight is 316 g/mol. The Labute approximate surface area is 136 Å². The van der Waals surface area contributed by atoms with E-state index in [9.17, 15) is 0 Å². The highest BCUT2D eigenvalue weighted by atomic mass is 32.1. The van der Waals surface area contributed by atoms with E-state index in [1.165, 1.54) is 41.1 Å². The van der Waals surface area contributed by atoms with Gasteiger partial charge < -0.3 is 10.1 Å². The second-order valence-electron chi connectivity index (χ2n) is 5.93. The maximum atomic E-state index is 5.22. The number of ether oxygens (including phenoxy) is 1. The van der Waals surface area contributed by atoms with E-state index in [-0.39, 0.29) is 0 Å². The van der Waals surface area contributed by atoms with Gasteiger partial charge in [0.25, 0.3) is 0 Å². The van der Waals surface area contributed by atoms with Crippen LogP contribution in [0.1, 0.15) is 35.6 Å². The lowest BCUT2D eigenvalue weighted by atomic mass is 10.1. The van der Waals surface area contributed by atoms with Gasteiger partial charge in [-0.25, -0.2) is 4.98 Å². The minimum atomic E-state index is 0.738. The molecule has 0 saturated heterocycles. The summed E-state index contributed by atoms with van der Waals surface area (Å²) < 4.78 is 5.22. The van der Waals surface area contributed by atoms with E-state index >= 15 is 0 Å². The Hall–Kier alpha value is -1.39. The molecule has 2 aromatic rings. The van der Waals surface area contributed by atoms with Crippen molar-refractivity contribution in [2.45, 2.75) is 45.1 Å².